The summed E-state index contributed by atoms with van der Waals surface area (Å²) in [6.45, 7) is 4.70. The monoisotopic (exact) mass is 576 g/mol. The Morgan fingerprint density at radius 3 is 2.55 bits per heavy atom. The van der Waals surface area contributed by atoms with E-state index in [0.717, 1.165) is 18.4 Å². The fraction of sp³-hybridized carbons (Fsp3) is 0.393. The molecule has 0 bridgehead atoms. The summed E-state index contributed by atoms with van der Waals surface area (Å²) in [6.07, 6.45) is 1.51. The molecule has 0 aliphatic carbocycles. The molecule has 4 rings (SSSR count). The number of methoxy groups -OCH3 is 1. The highest BCUT2D eigenvalue weighted by atomic mass is 35.5. The topological polar surface area (TPSA) is 76.2 Å². The van der Waals surface area contributed by atoms with Crippen LogP contribution in [-0.4, -0.2) is 56.9 Å². The standard InChI is InChI=1S/C28H33ClN2O5S2/c1-4-20(2)17-30(38(33,34)22-11-9-21(29)10-12-22)18-28(32)31-15-13-27-23(14-16-37-27)24(31)19-36-26-8-6-5-7-25(26)35-3/h5-12,14,16,20,24H,4,13,15,17-19H2,1-3H3. The molecular formula is C28H33ClN2O5S2. The number of rotatable bonds is 11. The average molecular weight is 577 g/mol. The first-order valence-corrected chi connectivity index (χ1v) is 15.3. The molecule has 0 fully saturated rings. The van der Waals surface area contributed by atoms with Crippen molar-refractivity contribution in [1.82, 2.24) is 9.21 Å². The van der Waals surface area contributed by atoms with Crippen LogP contribution in [0.25, 0.3) is 0 Å². The number of nitrogens with zero attached hydrogens (tertiary/aromatic N) is 2. The van der Waals surface area contributed by atoms with Crippen molar-refractivity contribution in [1.29, 1.82) is 0 Å². The van der Waals surface area contributed by atoms with Crippen LogP contribution in [0.3, 0.4) is 0 Å². The molecule has 1 aliphatic heterocycles. The molecule has 0 saturated carbocycles. The van der Waals surface area contributed by atoms with Gasteiger partial charge in [0.05, 0.1) is 24.6 Å². The Morgan fingerprint density at radius 2 is 1.87 bits per heavy atom. The largest absolute Gasteiger partial charge is 0.493 e. The van der Waals surface area contributed by atoms with Crippen molar-refractivity contribution in [2.24, 2.45) is 5.92 Å². The van der Waals surface area contributed by atoms with Crippen LogP contribution >= 0.6 is 22.9 Å². The number of halogens is 1. The summed E-state index contributed by atoms with van der Waals surface area (Å²) in [5, 5.41) is 2.47. The fourth-order valence-electron chi connectivity index (χ4n) is 4.50. The van der Waals surface area contributed by atoms with Gasteiger partial charge in [-0.1, -0.05) is 44.0 Å². The number of thiophene rings is 1. The van der Waals surface area contributed by atoms with Gasteiger partial charge in [0.25, 0.3) is 0 Å². The SMILES string of the molecule is CCC(C)CN(CC(=O)N1CCc2sccc2C1COc1ccccc1OC)S(=O)(=O)c1ccc(Cl)cc1. The van der Waals surface area contributed by atoms with Gasteiger partial charge in [0.2, 0.25) is 15.9 Å². The molecule has 2 unspecified atom stereocenters. The maximum Gasteiger partial charge on any atom is 0.243 e. The van der Waals surface area contributed by atoms with E-state index >= 15 is 0 Å². The quantitative estimate of drug-likeness (QED) is 0.295. The molecule has 38 heavy (non-hydrogen) atoms. The van der Waals surface area contributed by atoms with Crippen molar-refractivity contribution in [2.75, 3.05) is 33.4 Å². The van der Waals surface area contributed by atoms with Gasteiger partial charge in [-0.15, -0.1) is 11.3 Å². The lowest BCUT2D eigenvalue weighted by Gasteiger charge is -2.37. The zero-order valence-electron chi connectivity index (χ0n) is 21.8. The summed E-state index contributed by atoms with van der Waals surface area (Å²) in [6, 6.07) is 15.1. The maximum atomic E-state index is 13.8. The normalized spacial score (nSPS) is 16.2. The molecule has 1 aliphatic rings. The lowest BCUT2D eigenvalue weighted by molar-refractivity contribution is -0.135. The summed E-state index contributed by atoms with van der Waals surface area (Å²) in [7, 11) is -2.32. The van der Waals surface area contributed by atoms with Crippen LogP contribution in [0.5, 0.6) is 11.5 Å². The number of fused-ring (bicyclic) bond motifs is 1. The van der Waals surface area contributed by atoms with Gasteiger partial charge in [0.1, 0.15) is 6.61 Å². The molecule has 0 saturated heterocycles. The van der Waals surface area contributed by atoms with Gasteiger partial charge in [-0.05, 0) is 65.7 Å². The van der Waals surface area contributed by atoms with Crippen molar-refractivity contribution in [3.63, 3.8) is 0 Å². The van der Waals surface area contributed by atoms with E-state index in [2.05, 4.69) is 0 Å². The van der Waals surface area contributed by atoms with E-state index in [1.54, 1.807) is 35.5 Å². The minimum Gasteiger partial charge on any atom is -0.493 e. The summed E-state index contributed by atoms with van der Waals surface area (Å²) in [5.74, 6) is 1.03. The highest BCUT2D eigenvalue weighted by Gasteiger charge is 2.35. The number of sulfonamides is 1. The number of carbonyl (C=O) groups excluding carboxylic acids is 1. The number of hydrogen-bond donors (Lipinski definition) is 0. The second kappa shape index (κ2) is 12.5. The summed E-state index contributed by atoms with van der Waals surface area (Å²) >= 11 is 7.65. The zero-order valence-corrected chi connectivity index (χ0v) is 24.2. The Bertz CT molecular complexity index is 1340. The van der Waals surface area contributed by atoms with Crippen LogP contribution in [-0.2, 0) is 21.2 Å². The maximum absolute atomic E-state index is 13.8. The third kappa shape index (κ3) is 6.34. The number of hydrogen-bond acceptors (Lipinski definition) is 6. The molecule has 7 nitrogen and oxygen atoms in total. The molecular weight excluding hydrogens is 544 g/mol. The van der Waals surface area contributed by atoms with Crippen molar-refractivity contribution in [3.8, 4) is 11.5 Å². The zero-order chi connectivity index (χ0) is 27.3. The molecule has 10 heteroatoms. The van der Waals surface area contributed by atoms with Gasteiger partial charge >= 0.3 is 0 Å². The number of benzene rings is 2. The third-order valence-electron chi connectivity index (χ3n) is 6.86. The van der Waals surface area contributed by atoms with Crippen molar-refractivity contribution in [3.05, 3.63) is 75.4 Å². The van der Waals surface area contributed by atoms with E-state index in [9.17, 15) is 13.2 Å². The number of amides is 1. The Balaban J connectivity index is 1.59. The van der Waals surface area contributed by atoms with E-state index < -0.39 is 10.0 Å². The number of para-hydroxylation sites is 2. The van der Waals surface area contributed by atoms with Gasteiger partial charge in [0, 0.05) is 23.0 Å². The minimum atomic E-state index is -3.91. The Kier molecular flexibility index (Phi) is 9.36. The molecule has 2 aromatic carbocycles. The smallest absolute Gasteiger partial charge is 0.243 e. The molecule has 0 radical (unpaired) electrons. The lowest BCUT2D eigenvalue weighted by Crippen LogP contribution is -2.48. The summed E-state index contributed by atoms with van der Waals surface area (Å²) in [5.41, 5.74) is 1.04. The second-order valence-corrected chi connectivity index (χ2v) is 12.8. The van der Waals surface area contributed by atoms with Crippen LogP contribution in [0.15, 0.2) is 64.9 Å². The first kappa shape index (κ1) is 28.4. The van der Waals surface area contributed by atoms with Crippen LogP contribution in [0.1, 0.15) is 36.8 Å². The van der Waals surface area contributed by atoms with E-state index in [0.29, 0.717) is 23.1 Å². The predicted octanol–water partition coefficient (Wildman–Crippen LogP) is 5.65. The van der Waals surface area contributed by atoms with Gasteiger partial charge in [-0.3, -0.25) is 4.79 Å². The minimum absolute atomic E-state index is 0.0828. The summed E-state index contributed by atoms with van der Waals surface area (Å²) in [4.78, 5) is 16.9. The molecule has 2 heterocycles. The molecule has 3 aromatic rings. The van der Waals surface area contributed by atoms with E-state index in [-0.39, 0.29) is 42.5 Å². The lowest BCUT2D eigenvalue weighted by atomic mass is 10.0. The molecule has 2 atom stereocenters. The molecule has 1 aromatic heterocycles. The van der Waals surface area contributed by atoms with Crippen molar-refractivity contribution in [2.45, 2.75) is 37.6 Å². The summed E-state index contributed by atoms with van der Waals surface area (Å²) < 4.78 is 40.1. The van der Waals surface area contributed by atoms with Crippen LogP contribution in [0.2, 0.25) is 5.02 Å². The van der Waals surface area contributed by atoms with Gasteiger partial charge in [-0.2, -0.15) is 4.31 Å². The second-order valence-electron chi connectivity index (χ2n) is 9.38. The first-order valence-electron chi connectivity index (χ1n) is 12.6. The number of carbonyl (C=O) groups is 1. The van der Waals surface area contributed by atoms with E-state index in [1.807, 2.05) is 49.6 Å². The molecule has 204 valence electrons. The van der Waals surface area contributed by atoms with Crippen LogP contribution in [0, 0.1) is 5.92 Å². The van der Waals surface area contributed by atoms with E-state index in [1.165, 1.54) is 21.3 Å². The predicted molar refractivity (Wildman–Crippen MR) is 151 cm³/mol. The Hall–Kier alpha value is -2.59. The van der Waals surface area contributed by atoms with Crippen molar-refractivity contribution < 1.29 is 22.7 Å². The Morgan fingerprint density at radius 1 is 1.16 bits per heavy atom. The highest BCUT2D eigenvalue weighted by Crippen LogP contribution is 2.35. The van der Waals surface area contributed by atoms with Gasteiger partial charge < -0.3 is 14.4 Å². The third-order valence-corrected chi connectivity index (χ3v) is 9.93. The van der Waals surface area contributed by atoms with E-state index in [4.69, 9.17) is 21.1 Å². The molecule has 0 N–H and O–H groups in total. The van der Waals surface area contributed by atoms with Crippen molar-refractivity contribution >= 4 is 38.9 Å². The molecule has 1 amide bonds. The average Bonchev–Trinajstić information content (AvgIpc) is 3.40. The van der Waals surface area contributed by atoms with Crippen LogP contribution in [0.4, 0.5) is 0 Å². The number of ether oxygens (including phenoxy) is 2. The van der Waals surface area contributed by atoms with Crippen LogP contribution < -0.4 is 9.47 Å². The Labute approximate surface area is 234 Å². The molecule has 0 spiro atoms. The van der Waals surface area contributed by atoms with Gasteiger partial charge in [0.15, 0.2) is 11.5 Å². The fourth-order valence-corrected chi connectivity index (χ4v) is 7.07. The first-order chi connectivity index (χ1) is 18.2. The van der Waals surface area contributed by atoms with Gasteiger partial charge in [-0.25, -0.2) is 8.42 Å². The highest BCUT2D eigenvalue weighted by molar-refractivity contribution is 7.89.